The van der Waals surface area contributed by atoms with Gasteiger partial charge in [-0.1, -0.05) is 123 Å². The number of hydrogen-bond donors (Lipinski definition) is 2. The van der Waals surface area contributed by atoms with Gasteiger partial charge >= 0.3 is 0 Å². The van der Waals surface area contributed by atoms with Crippen LogP contribution in [-0.4, -0.2) is 118 Å². The summed E-state index contributed by atoms with van der Waals surface area (Å²) in [6.45, 7) is 32.7. The van der Waals surface area contributed by atoms with E-state index in [-0.39, 0.29) is 146 Å². The number of phenols is 1. The fourth-order valence-corrected chi connectivity index (χ4v) is 13.1. The number of aliphatic imine (C=N–C) groups is 1. The van der Waals surface area contributed by atoms with E-state index in [0.717, 1.165) is 34.0 Å². The molecule has 0 radical (unpaired) electrons. The molecule has 0 aliphatic carbocycles. The van der Waals surface area contributed by atoms with Crippen LogP contribution in [0.1, 0.15) is 130 Å². The van der Waals surface area contributed by atoms with Crippen LogP contribution < -0.4 is 5.73 Å². The number of amides is 3. The zero-order valence-corrected chi connectivity index (χ0v) is 51.3. The molecule has 3 saturated heterocycles. The third-order valence-corrected chi connectivity index (χ3v) is 17.6. The largest absolute Gasteiger partial charge is 0.507 e. The SMILES string of the molecule is CC(=O)C(C)C.CC(C)C(=O)C1=C(C(C)C)CS[C@@H]2[C@H](N)C(=O)N12.CC(C)C(=O)C1=C(C(C)C)CS[C@@H]2[C@H](N=Cc3ccccc3O)C(=O)N12.CC(C)C(=O)C[C@@H]1C(=O)N2C(C(=O)C(C)C)=C(C(C)C)CS[C@H]12.I. The van der Waals surface area contributed by atoms with Crippen molar-refractivity contribution in [3.63, 3.8) is 0 Å². The predicted molar refractivity (Wildman–Crippen MR) is 311 cm³/mol. The van der Waals surface area contributed by atoms with Gasteiger partial charge in [-0.15, -0.1) is 59.3 Å². The maximum absolute atomic E-state index is 12.8. The van der Waals surface area contributed by atoms with E-state index in [9.17, 15) is 43.5 Å². The van der Waals surface area contributed by atoms with Crippen molar-refractivity contribution in [1.29, 1.82) is 0 Å². The van der Waals surface area contributed by atoms with Crippen molar-refractivity contribution in [2.75, 3.05) is 17.3 Å². The lowest BCUT2D eigenvalue weighted by Gasteiger charge is -2.51. The van der Waals surface area contributed by atoms with Crippen molar-refractivity contribution in [2.45, 2.75) is 152 Å². The molecule has 7 rings (SSSR count). The van der Waals surface area contributed by atoms with Crippen molar-refractivity contribution in [2.24, 2.45) is 64.0 Å². The van der Waals surface area contributed by atoms with Gasteiger partial charge in [0.1, 0.15) is 34.1 Å². The van der Waals surface area contributed by atoms with Crippen LogP contribution in [-0.2, 0) is 38.4 Å². The first-order chi connectivity index (χ1) is 34.0. The molecule has 0 unspecified atom stereocenters. The molecule has 0 spiro atoms. The summed E-state index contributed by atoms with van der Waals surface area (Å²) in [5, 5.41) is 9.60. The number of hydrogen-bond acceptors (Lipinski definition) is 14. The number of benzene rings is 1. The van der Waals surface area contributed by atoms with E-state index in [1.54, 1.807) is 81.3 Å². The summed E-state index contributed by atoms with van der Waals surface area (Å²) in [5.41, 5.74) is 11.4. The number of nitrogens with zero attached hydrogens (tertiary/aromatic N) is 4. The Hall–Kier alpha value is -3.59. The quantitative estimate of drug-likeness (QED) is 0.0955. The van der Waals surface area contributed by atoms with Crippen molar-refractivity contribution in [3.05, 3.63) is 63.6 Å². The van der Waals surface area contributed by atoms with Crippen molar-refractivity contribution in [1.82, 2.24) is 14.7 Å². The number of allylic oxidation sites excluding steroid dienone is 3. The fourth-order valence-electron chi connectivity index (χ4n) is 8.41. The zero-order valence-electron chi connectivity index (χ0n) is 46.5. The highest BCUT2D eigenvalue weighted by Crippen LogP contribution is 2.48. The Kier molecular flexibility index (Phi) is 24.2. The van der Waals surface area contributed by atoms with Crippen LogP contribution in [0, 0.1) is 53.3 Å². The highest BCUT2D eigenvalue weighted by atomic mass is 127. The maximum atomic E-state index is 12.8. The Morgan fingerprint density at radius 3 is 1.35 bits per heavy atom. The molecule has 74 heavy (non-hydrogen) atoms. The normalized spacial score (nSPS) is 23.2. The second kappa shape index (κ2) is 27.6. The third kappa shape index (κ3) is 14.3. The van der Waals surface area contributed by atoms with Gasteiger partial charge in [-0.3, -0.25) is 58.0 Å². The van der Waals surface area contributed by atoms with Gasteiger partial charge in [0.2, 0.25) is 11.8 Å². The number of rotatable bonds is 15. The first kappa shape index (κ1) is 64.7. The monoisotopic (exact) mass is 1190 g/mol. The van der Waals surface area contributed by atoms with E-state index in [1.165, 1.54) is 0 Å². The molecule has 6 heterocycles. The number of thioether (sulfide) groups is 3. The van der Waals surface area contributed by atoms with Crippen molar-refractivity contribution in [3.8, 4) is 5.75 Å². The number of carbonyl (C=O) groups excluding carboxylic acids is 8. The Labute approximate surface area is 470 Å². The second-order valence-electron chi connectivity index (χ2n) is 21.9. The van der Waals surface area contributed by atoms with E-state index < -0.39 is 12.1 Å². The van der Waals surface area contributed by atoms with Gasteiger partial charge < -0.3 is 10.8 Å². The van der Waals surface area contributed by atoms with E-state index in [1.807, 2.05) is 75.3 Å². The number of nitrogens with two attached hydrogens (primary N) is 1. The molecule has 0 aromatic heterocycles. The molecule has 1 aromatic carbocycles. The van der Waals surface area contributed by atoms with E-state index in [0.29, 0.717) is 29.1 Å². The number of β-lactam (4-membered cyclic amide) rings is 3. The highest BCUT2D eigenvalue weighted by molar-refractivity contribution is 14.0. The van der Waals surface area contributed by atoms with E-state index in [2.05, 4.69) is 46.5 Å². The van der Waals surface area contributed by atoms with Gasteiger partial charge in [0.15, 0.2) is 23.4 Å². The Bertz CT molecular complexity index is 2440. The molecule has 3 N–H and O–H groups in total. The van der Waals surface area contributed by atoms with Crippen LogP contribution in [0.2, 0.25) is 0 Å². The lowest BCUT2D eigenvalue weighted by atomic mass is 9.85. The minimum atomic E-state index is -0.511. The summed E-state index contributed by atoms with van der Waals surface area (Å²) in [7, 11) is 0. The van der Waals surface area contributed by atoms with Crippen LogP contribution in [0.15, 0.2) is 63.1 Å². The minimum absolute atomic E-state index is 0. The van der Waals surface area contributed by atoms with Gasteiger partial charge in [-0.25, -0.2) is 0 Å². The highest BCUT2D eigenvalue weighted by Gasteiger charge is 2.55. The Morgan fingerprint density at radius 1 is 0.595 bits per heavy atom. The number of phenolic OH excluding ortho intramolecular Hbond substituents is 1. The molecule has 3 fully saturated rings. The lowest BCUT2D eigenvalue weighted by molar-refractivity contribution is -0.151. The first-order valence-electron chi connectivity index (χ1n) is 25.7. The second-order valence-corrected chi connectivity index (χ2v) is 25.2. The molecule has 18 heteroatoms. The standard InChI is InChI=1S/C20H24N2O3S.C18H27NO3S.C13H20N2O2S.C5H10O.HI/c1-11(2)14-10-26-20-16(21-9-13-7-5-6-8-15(13)23)19(25)22(20)17(14)18(24)12(3)4;1-9(2)13-8-23-18-12(7-14(20)10(3)4)17(22)19(18)15(13)16(21)11(5)6;1-6(2)8-5-18-13-9(14)12(17)15(13)10(8)11(16)7(3)4;1-4(2)5(3)6;/h5-9,11-12,16,20,23H,10H2,1-4H3;9-12,18H,7-8H2,1-6H3;6-7,9,13H,5,14H2,1-4H3;4H,1-3H3;1H/t16-,20-;12-,18-;9-,13-;;/m111../s1. The van der Waals surface area contributed by atoms with Crippen molar-refractivity contribution < 1.29 is 43.5 Å². The van der Waals surface area contributed by atoms with Crippen LogP contribution >= 0.6 is 59.3 Å². The van der Waals surface area contributed by atoms with Gasteiger partial charge in [0, 0.05) is 65.0 Å². The predicted octanol–water partition coefficient (Wildman–Crippen LogP) is 9.71. The number of ketones is 5. The van der Waals surface area contributed by atoms with Crippen molar-refractivity contribution >= 4 is 112 Å². The molecule has 6 aliphatic rings. The Morgan fingerprint density at radius 2 is 0.973 bits per heavy atom. The summed E-state index contributed by atoms with van der Waals surface area (Å²) in [6, 6.07) is 5.92. The molecule has 0 bridgehead atoms. The summed E-state index contributed by atoms with van der Waals surface area (Å²) >= 11 is 5.01. The number of halogens is 1. The molecular weight excluding hydrogens is 1110 g/mol. The van der Waals surface area contributed by atoms with Gasteiger partial charge in [0.05, 0.1) is 28.4 Å². The van der Waals surface area contributed by atoms with E-state index in [4.69, 9.17) is 5.73 Å². The maximum Gasteiger partial charge on any atom is 0.256 e. The van der Waals surface area contributed by atoms with Crippen LogP contribution in [0.25, 0.3) is 0 Å². The topological polar surface area (TPSA) is 205 Å². The number of aromatic hydroxyl groups is 1. The number of carbonyl (C=O) groups is 8. The average molecular weight is 1190 g/mol. The zero-order chi connectivity index (χ0) is 55.2. The molecule has 3 amide bonds. The molecule has 6 aliphatic heterocycles. The first-order valence-corrected chi connectivity index (χ1v) is 28.9. The summed E-state index contributed by atoms with van der Waals surface area (Å²) in [5.74, 6) is 2.89. The van der Waals surface area contributed by atoms with Gasteiger partial charge in [-0.05, 0) is 53.5 Å². The third-order valence-electron chi connectivity index (χ3n) is 13.7. The molecule has 410 valence electrons. The van der Waals surface area contributed by atoms with Crippen LogP contribution in [0.5, 0.6) is 5.75 Å². The molecule has 1 aromatic rings. The lowest BCUT2D eigenvalue weighted by Crippen LogP contribution is -2.68. The molecule has 0 saturated carbocycles. The summed E-state index contributed by atoms with van der Waals surface area (Å²) < 4.78 is 0. The van der Waals surface area contributed by atoms with Crippen LogP contribution in [0.4, 0.5) is 0 Å². The average Bonchev–Trinajstić information content (AvgIpc) is 3.33. The minimum Gasteiger partial charge on any atom is -0.507 e. The molecule has 6 atom stereocenters. The van der Waals surface area contributed by atoms with Crippen LogP contribution in [0.3, 0.4) is 0 Å². The molecule has 14 nitrogen and oxygen atoms in total. The van der Waals surface area contributed by atoms with E-state index >= 15 is 0 Å². The number of para-hydroxylation sites is 1. The van der Waals surface area contributed by atoms with Gasteiger partial charge in [-0.2, -0.15) is 0 Å². The summed E-state index contributed by atoms with van der Waals surface area (Å²) in [4.78, 5) is 107. The number of fused-ring (bicyclic) bond motifs is 3. The summed E-state index contributed by atoms with van der Waals surface area (Å²) in [6.07, 6.45) is 1.84. The van der Waals surface area contributed by atoms with Gasteiger partial charge in [0.25, 0.3) is 5.91 Å². The number of Topliss-reactive ketones (excluding diaryl/α,β-unsaturated/α-hetero) is 5. The Balaban J connectivity index is 0.000000279. The molecular formula is C56H82IN5O9S3. The smallest absolute Gasteiger partial charge is 0.256 e. The fraction of sp³-hybridized carbons (Fsp3) is 0.625.